The summed E-state index contributed by atoms with van der Waals surface area (Å²) < 4.78 is 7.51. The number of ether oxygens (including phenoxy) is 1. The van der Waals surface area contributed by atoms with Crippen LogP contribution in [-0.4, -0.2) is 50.3 Å². The van der Waals surface area contributed by atoms with Gasteiger partial charge in [0.1, 0.15) is 5.56 Å². The number of aliphatic hydroxyl groups excluding tert-OH is 1. The second-order valence-electron chi connectivity index (χ2n) is 10.6. The third-order valence-corrected chi connectivity index (χ3v) is 6.95. The molecule has 1 amide bonds. The molecule has 0 saturated heterocycles. The maximum Gasteiger partial charge on any atom is 0.258 e. The highest BCUT2D eigenvalue weighted by Gasteiger charge is 2.55. The molecule has 0 radical (unpaired) electrons. The van der Waals surface area contributed by atoms with Crippen molar-refractivity contribution in [2.45, 2.75) is 77.5 Å². The monoisotopic (exact) mass is 417 g/mol. The number of nitrogens with zero attached hydrogens (tertiary/aromatic N) is 2. The van der Waals surface area contributed by atoms with Crippen molar-refractivity contribution in [3.8, 4) is 5.88 Å². The molecule has 2 unspecified atom stereocenters. The Kier molecular flexibility index (Phi) is 5.47. The van der Waals surface area contributed by atoms with Crippen LogP contribution in [0.15, 0.2) is 12.3 Å². The fourth-order valence-corrected chi connectivity index (χ4v) is 5.72. The molecule has 30 heavy (non-hydrogen) atoms. The lowest BCUT2D eigenvalue weighted by atomic mass is 9.52. The molecule has 7 heteroatoms. The highest BCUT2D eigenvalue weighted by Crippen LogP contribution is 2.55. The molecule has 4 aliphatic carbocycles. The molecule has 0 spiro atoms. The molecule has 1 aromatic heterocycles. The summed E-state index contributed by atoms with van der Waals surface area (Å²) >= 11 is 0. The van der Waals surface area contributed by atoms with Gasteiger partial charge in [-0.15, -0.1) is 0 Å². The predicted octanol–water partition coefficient (Wildman–Crippen LogP) is 2.83. The predicted molar refractivity (Wildman–Crippen MR) is 114 cm³/mol. The molecule has 7 nitrogen and oxygen atoms in total. The van der Waals surface area contributed by atoms with Crippen LogP contribution in [0.2, 0.25) is 0 Å². The zero-order valence-corrected chi connectivity index (χ0v) is 18.5. The van der Waals surface area contributed by atoms with Crippen LogP contribution in [0.1, 0.15) is 70.2 Å². The van der Waals surface area contributed by atoms with Gasteiger partial charge in [-0.2, -0.15) is 5.10 Å². The molecule has 166 valence electrons. The average molecular weight is 418 g/mol. The van der Waals surface area contributed by atoms with Gasteiger partial charge in [0, 0.05) is 17.7 Å². The molecule has 4 bridgehead atoms. The van der Waals surface area contributed by atoms with E-state index in [-0.39, 0.29) is 24.7 Å². The smallest absolute Gasteiger partial charge is 0.258 e. The van der Waals surface area contributed by atoms with E-state index in [4.69, 9.17) is 4.74 Å². The van der Waals surface area contributed by atoms with E-state index in [9.17, 15) is 15.0 Å². The van der Waals surface area contributed by atoms with Crippen LogP contribution >= 0.6 is 0 Å². The van der Waals surface area contributed by atoms with Gasteiger partial charge < -0.3 is 20.3 Å². The normalized spacial score (nSPS) is 32.9. The van der Waals surface area contributed by atoms with Gasteiger partial charge in [-0.05, 0) is 63.7 Å². The topological polar surface area (TPSA) is 96.6 Å². The quantitative estimate of drug-likeness (QED) is 0.634. The van der Waals surface area contributed by atoms with Crippen molar-refractivity contribution in [3.63, 3.8) is 0 Å². The third kappa shape index (κ3) is 4.14. The summed E-state index contributed by atoms with van der Waals surface area (Å²) in [5.74, 6) is 1.54. The molecule has 1 aromatic rings. The Hall–Kier alpha value is -1.86. The van der Waals surface area contributed by atoms with Gasteiger partial charge in [0.2, 0.25) is 5.88 Å². The van der Waals surface area contributed by atoms with E-state index in [1.807, 2.05) is 33.8 Å². The Bertz CT molecular complexity index is 812. The van der Waals surface area contributed by atoms with Crippen LogP contribution in [0.4, 0.5) is 0 Å². The zero-order chi connectivity index (χ0) is 21.7. The summed E-state index contributed by atoms with van der Waals surface area (Å²) in [5.41, 5.74) is -0.495. The lowest BCUT2D eigenvalue weighted by molar-refractivity contribution is -0.136. The number of amides is 1. The minimum absolute atomic E-state index is 0.0102. The summed E-state index contributed by atoms with van der Waals surface area (Å²) in [4.78, 5) is 13.2. The molecule has 1 heterocycles. The number of hydrogen-bond donors (Lipinski definition) is 3. The number of carbonyl (C=O) groups excluding carboxylic acids is 1. The van der Waals surface area contributed by atoms with Crippen LogP contribution < -0.4 is 10.1 Å². The second-order valence-corrected chi connectivity index (χ2v) is 10.6. The van der Waals surface area contributed by atoms with E-state index < -0.39 is 11.0 Å². The van der Waals surface area contributed by atoms with Crippen molar-refractivity contribution in [1.82, 2.24) is 15.1 Å². The minimum Gasteiger partial charge on any atom is -0.474 e. The zero-order valence-electron chi connectivity index (χ0n) is 18.5. The van der Waals surface area contributed by atoms with Crippen LogP contribution in [0.25, 0.3) is 6.20 Å². The Morgan fingerprint density at radius 3 is 2.60 bits per heavy atom. The fourth-order valence-electron chi connectivity index (χ4n) is 5.72. The second kappa shape index (κ2) is 7.68. The van der Waals surface area contributed by atoms with Gasteiger partial charge in [-0.3, -0.25) is 4.79 Å². The fraction of sp³-hybridized carbons (Fsp3) is 0.739. The van der Waals surface area contributed by atoms with Crippen molar-refractivity contribution >= 4 is 12.1 Å². The number of aliphatic hydroxyl groups is 2. The molecule has 5 rings (SSSR count). The van der Waals surface area contributed by atoms with E-state index >= 15 is 0 Å². The number of nitrogens with one attached hydrogen (secondary N) is 1. The number of hydrogen-bond acceptors (Lipinski definition) is 5. The summed E-state index contributed by atoms with van der Waals surface area (Å²) in [6.45, 7) is 7.68. The Morgan fingerprint density at radius 2 is 2.03 bits per heavy atom. The number of aromatic nitrogens is 2. The highest BCUT2D eigenvalue weighted by molar-refractivity contribution is 5.96. The first kappa shape index (κ1) is 21.4. The van der Waals surface area contributed by atoms with Crippen molar-refractivity contribution in [2.75, 3.05) is 6.61 Å². The van der Waals surface area contributed by atoms with Crippen molar-refractivity contribution in [1.29, 1.82) is 0 Å². The Morgan fingerprint density at radius 1 is 1.37 bits per heavy atom. The van der Waals surface area contributed by atoms with E-state index in [1.165, 1.54) is 0 Å². The van der Waals surface area contributed by atoms with E-state index in [2.05, 4.69) is 10.4 Å². The van der Waals surface area contributed by atoms with Gasteiger partial charge in [-0.1, -0.05) is 19.9 Å². The first-order valence-electron chi connectivity index (χ1n) is 11.2. The standard InChI is InChI=1S/C23H35N3O4/c1-14(2)30-21-18(12-24-26(21)6-5-22(3,4)13-27)20(28)25-19-16-7-15-8-17(19)11-23(29,9-15)10-16/h5-6,12,14-17,19,27,29H,7-11,13H2,1-4H3,(H,25,28)/b6-5+. The molecule has 4 aliphatic rings. The molecule has 2 atom stereocenters. The average Bonchev–Trinajstić information content (AvgIpc) is 3.03. The maximum atomic E-state index is 13.2. The maximum absolute atomic E-state index is 13.2. The number of rotatable bonds is 7. The SMILES string of the molecule is CC(C)Oc1c(C(=O)NC2C3CC4CC2CC(O)(C4)C3)cnn1/C=C/C(C)(C)CO. The summed E-state index contributed by atoms with van der Waals surface area (Å²) in [6, 6.07) is 0.105. The van der Waals surface area contributed by atoms with Gasteiger partial charge in [0.15, 0.2) is 0 Å². The van der Waals surface area contributed by atoms with Gasteiger partial charge in [0.05, 0.1) is 24.5 Å². The largest absolute Gasteiger partial charge is 0.474 e. The summed E-state index contributed by atoms with van der Waals surface area (Å²) in [5, 5.41) is 27.9. The Labute approximate surface area is 178 Å². The molecule has 4 fully saturated rings. The molecule has 0 aliphatic heterocycles. The van der Waals surface area contributed by atoms with Gasteiger partial charge in [0.25, 0.3) is 5.91 Å². The van der Waals surface area contributed by atoms with Crippen molar-refractivity contribution in [2.24, 2.45) is 23.2 Å². The lowest BCUT2D eigenvalue weighted by Crippen LogP contribution is -2.61. The summed E-state index contributed by atoms with van der Waals surface area (Å²) in [7, 11) is 0. The van der Waals surface area contributed by atoms with Crippen LogP contribution in [0.5, 0.6) is 5.88 Å². The van der Waals surface area contributed by atoms with Crippen molar-refractivity contribution in [3.05, 3.63) is 17.8 Å². The van der Waals surface area contributed by atoms with E-state index in [0.717, 1.165) is 32.1 Å². The Balaban J connectivity index is 1.54. The van der Waals surface area contributed by atoms with E-state index in [1.54, 1.807) is 17.1 Å². The molecular formula is C23H35N3O4. The molecule has 3 N–H and O–H groups in total. The van der Waals surface area contributed by atoms with Crippen LogP contribution in [-0.2, 0) is 0 Å². The summed E-state index contributed by atoms with van der Waals surface area (Å²) in [6.07, 6.45) is 9.73. The van der Waals surface area contributed by atoms with Crippen molar-refractivity contribution < 1.29 is 19.7 Å². The van der Waals surface area contributed by atoms with E-state index in [0.29, 0.717) is 29.2 Å². The minimum atomic E-state index is -0.515. The highest BCUT2D eigenvalue weighted by atomic mass is 16.5. The molecular weight excluding hydrogens is 382 g/mol. The van der Waals surface area contributed by atoms with Crippen LogP contribution in [0, 0.1) is 23.2 Å². The lowest BCUT2D eigenvalue weighted by Gasteiger charge is -2.58. The third-order valence-electron chi connectivity index (χ3n) is 6.95. The van der Waals surface area contributed by atoms with Gasteiger partial charge in [-0.25, -0.2) is 4.68 Å². The molecule has 4 saturated carbocycles. The first-order valence-corrected chi connectivity index (χ1v) is 11.2. The molecule has 0 aromatic carbocycles. The first-order chi connectivity index (χ1) is 14.1. The van der Waals surface area contributed by atoms with Gasteiger partial charge >= 0.3 is 0 Å². The number of carbonyl (C=O) groups is 1. The van der Waals surface area contributed by atoms with Crippen LogP contribution in [0.3, 0.4) is 0 Å².